The summed E-state index contributed by atoms with van der Waals surface area (Å²) in [5.74, 6) is -0.459. The van der Waals surface area contributed by atoms with Crippen LogP contribution in [0.15, 0.2) is 71.6 Å². The van der Waals surface area contributed by atoms with Gasteiger partial charge >= 0.3 is 0 Å². The van der Waals surface area contributed by atoms with E-state index in [9.17, 15) is 18.0 Å². The first kappa shape index (κ1) is 30.3. The molecule has 2 amide bonds. The third kappa shape index (κ3) is 7.23. The highest BCUT2D eigenvalue weighted by Crippen LogP contribution is 2.28. The van der Waals surface area contributed by atoms with Gasteiger partial charge in [-0.05, 0) is 67.4 Å². The van der Waals surface area contributed by atoms with Crippen LogP contribution >= 0.6 is 23.2 Å². The average molecular weight is 593 g/mol. The first-order valence-corrected chi connectivity index (χ1v) is 14.4. The number of likely N-dealkylation sites (N-methyl/N-ethyl adjacent to an activating group) is 1. The molecule has 0 saturated carbocycles. The molecule has 11 heteroatoms. The number of nitrogens with one attached hydrogen (secondary N) is 1. The van der Waals surface area contributed by atoms with Gasteiger partial charge in [-0.3, -0.25) is 13.9 Å². The Morgan fingerprint density at radius 1 is 1.00 bits per heavy atom. The molecule has 0 aliphatic rings. The maximum atomic E-state index is 13.9. The molecule has 3 aromatic rings. The number of rotatable bonds is 11. The maximum Gasteiger partial charge on any atom is 0.264 e. The van der Waals surface area contributed by atoms with Crippen LogP contribution < -0.4 is 14.4 Å². The second-order valence-corrected chi connectivity index (χ2v) is 11.5. The summed E-state index contributed by atoms with van der Waals surface area (Å²) < 4.78 is 33.9. The summed E-state index contributed by atoms with van der Waals surface area (Å²) in [6, 6.07) is 16.7. The number of amides is 2. The van der Waals surface area contributed by atoms with Gasteiger partial charge in [0.2, 0.25) is 11.8 Å². The topological polar surface area (TPSA) is 96.0 Å². The van der Waals surface area contributed by atoms with Gasteiger partial charge in [-0.25, -0.2) is 8.42 Å². The van der Waals surface area contributed by atoms with Crippen molar-refractivity contribution in [2.75, 3.05) is 25.0 Å². The van der Waals surface area contributed by atoms with Gasteiger partial charge in [0, 0.05) is 23.6 Å². The van der Waals surface area contributed by atoms with E-state index in [0.717, 1.165) is 9.87 Å². The molecular weight excluding hydrogens is 561 g/mol. The van der Waals surface area contributed by atoms with Crippen LogP contribution in [0.5, 0.6) is 5.75 Å². The normalized spacial score (nSPS) is 11.9. The van der Waals surface area contributed by atoms with Crippen molar-refractivity contribution in [2.24, 2.45) is 0 Å². The number of hydrogen-bond acceptors (Lipinski definition) is 5. The second kappa shape index (κ2) is 13.2. The largest absolute Gasteiger partial charge is 0.497 e. The highest BCUT2D eigenvalue weighted by atomic mass is 35.5. The van der Waals surface area contributed by atoms with Gasteiger partial charge in [-0.2, -0.15) is 0 Å². The molecule has 8 nitrogen and oxygen atoms in total. The minimum Gasteiger partial charge on any atom is -0.497 e. The van der Waals surface area contributed by atoms with E-state index >= 15 is 0 Å². The summed E-state index contributed by atoms with van der Waals surface area (Å²) in [4.78, 5) is 28.0. The maximum absolute atomic E-state index is 13.9. The molecule has 0 radical (unpaired) electrons. The fourth-order valence-electron chi connectivity index (χ4n) is 4.03. The van der Waals surface area contributed by atoms with Crippen LogP contribution in [0, 0.1) is 6.92 Å². The van der Waals surface area contributed by atoms with Gasteiger partial charge in [0.1, 0.15) is 18.3 Å². The molecule has 0 unspecified atom stereocenters. The molecule has 0 fully saturated rings. The summed E-state index contributed by atoms with van der Waals surface area (Å²) in [5.41, 5.74) is 1.80. The van der Waals surface area contributed by atoms with Crippen molar-refractivity contribution in [3.63, 3.8) is 0 Å². The Balaban J connectivity index is 2.07. The molecule has 39 heavy (non-hydrogen) atoms. The zero-order valence-electron chi connectivity index (χ0n) is 22.1. The van der Waals surface area contributed by atoms with Crippen molar-refractivity contribution in [1.29, 1.82) is 0 Å². The Morgan fingerprint density at radius 2 is 1.64 bits per heavy atom. The van der Waals surface area contributed by atoms with Crippen molar-refractivity contribution in [1.82, 2.24) is 10.2 Å². The third-order valence-corrected chi connectivity index (χ3v) is 8.61. The van der Waals surface area contributed by atoms with E-state index < -0.39 is 28.5 Å². The van der Waals surface area contributed by atoms with Gasteiger partial charge in [0.25, 0.3) is 10.0 Å². The number of halogens is 2. The van der Waals surface area contributed by atoms with Crippen LogP contribution in [0.25, 0.3) is 0 Å². The fraction of sp³-hybridized carbons (Fsp3) is 0.286. The van der Waals surface area contributed by atoms with Crippen LogP contribution in [0.2, 0.25) is 10.0 Å². The fourth-order valence-corrected chi connectivity index (χ4v) is 5.92. The van der Waals surface area contributed by atoms with Crippen LogP contribution in [0.1, 0.15) is 24.5 Å². The van der Waals surface area contributed by atoms with Gasteiger partial charge in [-0.15, -0.1) is 0 Å². The highest BCUT2D eigenvalue weighted by molar-refractivity contribution is 7.92. The standard InChI is InChI=1S/C28H31Cl2N3O5S/c1-5-26(28(35)31-3)32(17-20-8-9-21(29)16-25(20)30)27(34)18-33(22-10-6-19(2)7-11-22)39(36,37)24-14-12-23(38-4)13-15-24/h6-16,26H,5,17-18H2,1-4H3,(H,31,35)/t26-/m0/s1. The van der Waals surface area contributed by atoms with Gasteiger partial charge in [0.15, 0.2) is 0 Å². The molecule has 208 valence electrons. The van der Waals surface area contributed by atoms with Gasteiger partial charge < -0.3 is 15.0 Å². The first-order valence-electron chi connectivity index (χ1n) is 12.2. The van der Waals surface area contributed by atoms with Crippen molar-refractivity contribution in [3.05, 3.63) is 87.9 Å². The van der Waals surface area contributed by atoms with Gasteiger partial charge in [-0.1, -0.05) is 53.9 Å². The molecule has 0 aromatic heterocycles. The van der Waals surface area contributed by atoms with Crippen LogP contribution in [-0.4, -0.2) is 51.9 Å². The summed E-state index contributed by atoms with van der Waals surface area (Å²) in [5, 5.41) is 3.34. The lowest BCUT2D eigenvalue weighted by atomic mass is 10.1. The second-order valence-electron chi connectivity index (χ2n) is 8.82. The van der Waals surface area contributed by atoms with E-state index in [0.29, 0.717) is 33.5 Å². The Kier molecular flexibility index (Phi) is 10.2. The molecule has 0 aliphatic carbocycles. The van der Waals surface area contributed by atoms with Crippen molar-refractivity contribution >= 4 is 50.7 Å². The quantitative estimate of drug-likeness (QED) is 0.336. The summed E-state index contributed by atoms with van der Waals surface area (Å²) in [7, 11) is -1.21. The van der Waals surface area contributed by atoms with E-state index in [2.05, 4.69) is 5.32 Å². The van der Waals surface area contributed by atoms with Crippen molar-refractivity contribution in [2.45, 2.75) is 37.8 Å². The minimum atomic E-state index is -4.18. The summed E-state index contributed by atoms with van der Waals surface area (Å²) >= 11 is 12.4. The number of aryl methyl sites for hydroxylation is 1. The lowest BCUT2D eigenvalue weighted by molar-refractivity contribution is -0.140. The zero-order valence-corrected chi connectivity index (χ0v) is 24.5. The number of carbonyl (C=O) groups is 2. The molecule has 3 rings (SSSR count). The summed E-state index contributed by atoms with van der Waals surface area (Å²) in [6.07, 6.45) is 0.298. The number of nitrogens with zero attached hydrogens (tertiary/aromatic N) is 2. The number of sulfonamides is 1. The van der Waals surface area contributed by atoms with Crippen molar-refractivity contribution < 1.29 is 22.7 Å². The number of carbonyl (C=O) groups excluding carboxylic acids is 2. The number of benzene rings is 3. The molecule has 3 aromatic carbocycles. The Bertz CT molecular complexity index is 1410. The highest BCUT2D eigenvalue weighted by Gasteiger charge is 2.33. The molecule has 0 heterocycles. The minimum absolute atomic E-state index is 0.0117. The van der Waals surface area contributed by atoms with Crippen LogP contribution in [0.3, 0.4) is 0 Å². The molecule has 1 N–H and O–H groups in total. The number of ether oxygens (including phenoxy) is 1. The van der Waals surface area contributed by atoms with Crippen molar-refractivity contribution in [3.8, 4) is 5.75 Å². The molecule has 1 atom stereocenters. The molecule has 0 bridgehead atoms. The van der Waals surface area contributed by atoms with E-state index in [1.54, 1.807) is 49.4 Å². The summed E-state index contributed by atoms with van der Waals surface area (Å²) in [6.45, 7) is 3.08. The smallest absolute Gasteiger partial charge is 0.264 e. The zero-order chi connectivity index (χ0) is 28.7. The SMILES string of the molecule is CC[C@@H](C(=O)NC)N(Cc1ccc(Cl)cc1Cl)C(=O)CN(c1ccc(C)cc1)S(=O)(=O)c1ccc(OC)cc1. The molecule has 0 saturated heterocycles. The Hall–Kier alpha value is -3.27. The third-order valence-electron chi connectivity index (χ3n) is 6.24. The van der Waals surface area contributed by atoms with E-state index in [1.165, 1.54) is 43.3 Å². The molecule has 0 spiro atoms. The molecular formula is C28H31Cl2N3O5S. The number of methoxy groups -OCH3 is 1. The monoisotopic (exact) mass is 591 g/mol. The predicted octanol–water partition coefficient (Wildman–Crippen LogP) is 5.06. The average Bonchev–Trinajstić information content (AvgIpc) is 2.93. The van der Waals surface area contributed by atoms with Crippen LogP contribution in [0.4, 0.5) is 5.69 Å². The predicted molar refractivity (Wildman–Crippen MR) is 154 cm³/mol. The van der Waals surface area contributed by atoms with E-state index in [-0.39, 0.29) is 17.3 Å². The molecule has 0 aliphatic heterocycles. The van der Waals surface area contributed by atoms with E-state index in [1.807, 2.05) is 6.92 Å². The Labute approximate surface area is 239 Å². The lowest BCUT2D eigenvalue weighted by Crippen LogP contribution is -2.51. The van der Waals surface area contributed by atoms with Gasteiger partial charge in [0.05, 0.1) is 17.7 Å². The number of anilines is 1. The van der Waals surface area contributed by atoms with E-state index in [4.69, 9.17) is 27.9 Å². The first-order chi connectivity index (χ1) is 18.5. The number of hydrogen-bond donors (Lipinski definition) is 1. The Morgan fingerprint density at radius 3 is 2.18 bits per heavy atom. The van der Waals surface area contributed by atoms with Crippen LogP contribution in [-0.2, 0) is 26.2 Å². The lowest BCUT2D eigenvalue weighted by Gasteiger charge is -2.33.